The molecule has 0 saturated carbocycles. The molecule has 0 atom stereocenters. The highest BCUT2D eigenvalue weighted by Gasteiger charge is 2.30. The van der Waals surface area contributed by atoms with Gasteiger partial charge in [0.2, 0.25) is 5.91 Å². The third-order valence-electron chi connectivity index (χ3n) is 3.23. The highest BCUT2D eigenvalue weighted by atomic mass is 16.5. The zero-order valence-electron chi connectivity index (χ0n) is 12.3. The van der Waals surface area contributed by atoms with E-state index in [4.69, 9.17) is 4.74 Å². The molecule has 1 aromatic rings. The van der Waals surface area contributed by atoms with E-state index in [2.05, 4.69) is 5.32 Å². The van der Waals surface area contributed by atoms with Crippen LogP contribution in [0, 0.1) is 0 Å². The van der Waals surface area contributed by atoms with Gasteiger partial charge in [-0.3, -0.25) is 4.79 Å². The maximum absolute atomic E-state index is 12.5. The minimum absolute atomic E-state index is 0.0795. The number of likely N-dealkylation sites (N-methyl/N-ethyl adjacent to an activating group) is 1. The summed E-state index contributed by atoms with van der Waals surface area (Å²) >= 11 is 0. The average Bonchev–Trinajstić information content (AvgIpc) is 2.43. The van der Waals surface area contributed by atoms with Crippen molar-refractivity contribution >= 4 is 5.91 Å². The lowest BCUT2D eigenvalue weighted by atomic mass is 10.0. The largest absolute Gasteiger partial charge is 0.383 e. The number of hydrogen-bond donors (Lipinski definition) is 1. The molecule has 0 fully saturated rings. The second kappa shape index (κ2) is 7.26. The Bertz CT molecular complexity index is 390. The first-order valence-electron chi connectivity index (χ1n) is 6.52. The van der Waals surface area contributed by atoms with E-state index in [1.165, 1.54) is 0 Å². The van der Waals surface area contributed by atoms with Crippen molar-refractivity contribution < 1.29 is 9.53 Å². The second-order valence-corrected chi connectivity index (χ2v) is 5.08. The third kappa shape index (κ3) is 4.65. The molecule has 0 saturated heterocycles. The molecule has 1 amide bonds. The average molecular weight is 264 g/mol. The predicted octanol–water partition coefficient (Wildman–Crippen LogP) is 1.66. The number of hydrogen-bond acceptors (Lipinski definition) is 3. The van der Waals surface area contributed by atoms with Gasteiger partial charge in [-0.25, -0.2) is 0 Å². The summed E-state index contributed by atoms with van der Waals surface area (Å²) in [6.07, 6.45) is 0. The van der Waals surface area contributed by atoms with Gasteiger partial charge in [0.25, 0.3) is 0 Å². The van der Waals surface area contributed by atoms with Gasteiger partial charge in [0.15, 0.2) is 0 Å². The van der Waals surface area contributed by atoms with Gasteiger partial charge in [0, 0.05) is 20.2 Å². The Kier molecular flexibility index (Phi) is 5.99. The van der Waals surface area contributed by atoms with Crippen molar-refractivity contribution in [2.75, 3.05) is 27.3 Å². The van der Waals surface area contributed by atoms with E-state index < -0.39 is 5.54 Å². The van der Waals surface area contributed by atoms with Crippen LogP contribution in [0.1, 0.15) is 19.4 Å². The number of carbonyl (C=O) groups excluding carboxylic acids is 1. The van der Waals surface area contributed by atoms with E-state index in [0.29, 0.717) is 19.7 Å². The summed E-state index contributed by atoms with van der Waals surface area (Å²) in [5.74, 6) is 0.0795. The van der Waals surface area contributed by atoms with Crippen molar-refractivity contribution in [1.29, 1.82) is 0 Å². The summed E-state index contributed by atoms with van der Waals surface area (Å²) < 4.78 is 5.09. The molecule has 106 valence electrons. The Hall–Kier alpha value is -1.39. The Morgan fingerprint density at radius 3 is 2.47 bits per heavy atom. The quantitative estimate of drug-likeness (QED) is 0.814. The van der Waals surface area contributed by atoms with Gasteiger partial charge in [-0.2, -0.15) is 0 Å². The number of nitrogens with one attached hydrogen (secondary N) is 1. The van der Waals surface area contributed by atoms with Crippen LogP contribution >= 0.6 is 0 Å². The van der Waals surface area contributed by atoms with Gasteiger partial charge in [-0.15, -0.1) is 0 Å². The van der Waals surface area contributed by atoms with E-state index in [0.717, 1.165) is 5.56 Å². The van der Waals surface area contributed by atoms with Crippen LogP contribution < -0.4 is 5.32 Å². The van der Waals surface area contributed by atoms with Crippen LogP contribution in [0.5, 0.6) is 0 Å². The molecule has 0 spiro atoms. The number of nitrogens with zero attached hydrogens (tertiary/aromatic N) is 1. The third-order valence-corrected chi connectivity index (χ3v) is 3.23. The lowest BCUT2D eigenvalue weighted by molar-refractivity contribution is -0.138. The topological polar surface area (TPSA) is 41.6 Å². The number of carbonyl (C=O) groups is 1. The fourth-order valence-electron chi connectivity index (χ4n) is 1.76. The van der Waals surface area contributed by atoms with Crippen LogP contribution in [0.25, 0.3) is 0 Å². The fraction of sp³-hybridized carbons (Fsp3) is 0.533. The first-order valence-corrected chi connectivity index (χ1v) is 6.52. The van der Waals surface area contributed by atoms with Crippen molar-refractivity contribution in [2.45, 2.75) is 25.9 Å². The zero-order chi connectivity index (χ0) is 14.3. The second-order valence-electron chi connectivity index (χ2n) is 5.08. The van der Waals surface area contributed by atoms with Crippen molar-refractivity contribution in [3.8, 4) is 0 Å². The number of ether oxygens (including phenoxy) is 1. The van der Waals surface area contributed by atoms with Crippen LogP contribution in [0.15, 0.2) is 30.3 Å². The summed E-state index contributed by atoms with van der Waals surface area (Å²) in [6, 6.07) is 10.00. The van der Waals surface area contributed by atoms with Crippen molar-refractivity contribution in [1.82, 2.24) is 10.2 Å². The molecular formula is C15H24N2O2. The summed E-state index contributed by atoms with van der Waals surface area (Å²) in [5.41, 5.74) is 0.557. The molecule has 0 radical (unpaired) electrons. The first-order chi connectivity index (χ1) is 9.01. The molecule has 0 aliphatic rings. The number of benzene rings is 1. The molecule has 0 heterocycles. The summed E-state index contributed by atoms with van der Waals surface area (Å²) in [6.45, 7) is 5.52. The molecule has 4 heteroatoms. The van der Waals surface area contributed by atoms with Gasteiger partial charge < -0.3 is 15.0 Å². The first kappa shape index (κ1) is 15.7. The zero-order valence-corrected chi connectivity index (χ0v) is 12.3. The molecule has 0 unspecified atom stereocenters. The van der Waals surface area contributed by atoms with Crippen LogP contribution in [0.4, 0.5) is 0 Å². The normalized spacial score (nSPS) is 11.4. The van der Waals surface area contributed by atoms with E-state index >= 15 is 0 Å². The molecule has 4 nitrogen and oxygen atoms in total. The predicted molar refractivity (Wildman–Crippen MR) is 76.9 cm³/mol. The molecule has 0 aliphatic heterocycles. The van der Waals surface area contributed by atoms with Gasteiger partial charge in [0.05, 0.1) is 12.1 Å². The Labute approximate surface area is 115 Å². The standard InChI is InChI=1S/C15H24N2O2/c1-15(2,16-3)14(18)17(10-11-19-4)12-13-8-6-5-7-9-13/h5-9,16H,10-12H2,1-4H3. The van der Waals surface area contributed by atoms with Gasteiger partial charge in [-0.1, -0.05) is 30.3 Å². The molecule has 19 heavy (non-hydrogen) atoms. The highest BCUT2D eigenvalue weighted by molar-refractivity contribution is 5.85. The molecule has 0 bridgehead atoms. The molecule has 1 aromatic carbocycles. The van der Waals surface area contributed by atoms with Crippen LogP contribution in [0.2, 0.25) is 0 Å². The Morgan fingerprint density at radius 1 is 1.32 bits per heavy atom. The fourth-order valence-corrected chi connectivity index (χ4v) is 1.76. The van der Waals surface area contributed by atoms with Crippen molar-refractivity contribution in [3.63, 3.8) is 0 Å². The van der Waals surface area contributed by atoms with Crippen molar-refractivity contribution in [3.05, 3.63) is 35.9 Å². The SMILES string of the molecule is CNC(C)(C)C(=O)N(CCOC)Cc1ccccc1. The monoisotopic (exact) mass is 264 g/mol. The van der Waals surface area contributed by atoms with E-state index in [9.17, 15) is 4.79 Å². The Balaban J connectivity index is 2.80. The lowest BCUT2D eigenvalue weighted by Gasteiger charge is -2.31. The van der Waals surface area contributed by atoms with E-state index in [1.807, 2.05) is 49.1 Å². The minimum Gasteiger partial charge on any atom is -0.383 e. The molecule has 1 rings (SSSR count). The smallest absolute Gasteiger partial charge is 0.242 e. The van der Waals surface area contributed by atoms with E-state index in [1.54, 1.807) is 14.2 Å². The van der Waals surface area contributed by atoms with Gasteiger partial charge in [-0.05, 0) is 26.5 Å². The molecule has 0 aromatic heterocycles. The van der Waals surface area contributed by atoms with Gasteiger partial charge in [0.1, 0.15) is 0 Å². The van der Waals surface area contributed by atoms with E-state index in [-0.39, 0.29) is 5.91 Å². The van der Waals surface area contributed by atoms with Crippen LogP contribution in [0.3, 0.4) is 0 Å². The summed E-state index contributed by atoms with van der Waals surface area (Å²) in [4.78, 5) is 14.3. The van der Waals surface area contributed by atoms with Gasteiger partial charge >= 0.3 is 0 Å². The molecule has 0 aliphatic carbocycles. The van der Waals surface area contributed by atoms with Crippen LogP contribution in [-0.2, 0) is 16.1 Å². The molecular weight excluding hydrogens is 240 g/mol. The summed E-state index contributed by atoms with van der Waals surface area (Å²) in [5, 5.41) is 3.05. The maximum atomic E-state index is 12.5. The number of methoxy groups -OCH3 is 1. The highest BCUT2D eigenvalue weighted by Crippen LogP contribution is 2.11. The number of rotatable bonds is 7. The lowest BCUT2D eigenvalue weighted by Crippen LogP contribution is -2.53. The Morgan fingerprint density at radius 2 is 1.95 bits per heavy atom. The molecule has 1 N–H and O–H groups in total. The summed E-state index contributed by atoms with van der Waals surface area (Å²) in [7, 11) is 3.45. The number of amides is 1. The minimum atomic E-state index is -0.567. The maximum Gasteiger partial charge on any atom is 0.242 e. The van der Waals surface area contributed by atoms with Crippen molar-refractivity contribution in [2.24, 2.45) is 0 Å². The van der Waals surface area contributed by atoms with Crippen LogP contribution in [-0.4, -0.2) is 43.7 Å².